The molecule has 6 N–H and O–H groups in total. The van der Waals surface area contributed by atoms with E-state index in [1.54, 1.807) is 0 Å². The van der Waals surface area contributed by atoms with Crippen LogP contribution in [0.5, 0.6) is 0 Å². The minimum absolute atomic E-state index is 0. The van der Waals surface area contributed by atoms with E-state index in [1.807, 2.05) is 0 Å². The Morgan fingerprint density at radius 1 is 1.00 bits per heavy atom. The Hall–Kier alpha value is -0.120. The molecule has 0 saturated carbocycles. The fourth-order valence-corrected chi connectivity index (χ4v) is 0. The van der Waals surface area contributed by atoms with E-state index in [0.29, 0.717) is 0 Å². The Morgan fingerprint density at radius 2 is 1.00 bits per heavy atom. The normalized spacial score (nSPS) is 1.50. The molecular weight excluding hydrogens is 56.0 g/mol. The van der Waals surface area contributed by atoms with Crippen LogP contribution in [0.1, 0.15) is 7.43 Å². The molecule has 0 saturated heterocycles. The third-order valence-corrected chi connectivity index (χ3v) is 0. The van der Waals surface area contributed by atoms with Gasteiger partial charge in [0.15, 0.2) is 0 Å². The van der Waals surface area contributed by atoms with E-state index in [1.165, 1.54) is 0 Å². The highest BCUT2D eigenvalue weighted by atomic mass is 16.0. The van der Waals surface area contributed by atoms with Crippen LogP contribution < -0.4 is 11.7 Å². The third kappa shape index (κ3) is 101. The Labute approximate surface area is 25.9 Å². The fourth-order valence-electron chi connectivity index (χ4n) is 0. The maximum Gasteiger partial charge on any atom is -0.0776 e. The van der Waals surface area contributed by atoms with Crippen LogP contribution in [0.25, 0.3) is 0 Å². The number of hydrogen-bond acceptors (Lipinski definition) is 2. The largest absolute Gasteiger partial charge is 0.412 e. The first-order valence-electron chi connectivity index (χ1n) is 0.333. The molecular formula is CH10N2O. The zero-order valence-electron chi connectivity index (χ0n) is 1.65. The zero-order valence-corrected chi connectivity index (χ0v) is 1.65. The second-order valence-corrected chi connectivity index (χ2v) is 0. The first-order valence-corrected chi connectivity index (χ1v) is 0.333. The maximum absolute atomic E-state index is 4.00. The first kappa shape index (κ1) is 41.6. The summed E-state index contributed by atoms with van der Waals surface area (Å²) >= 11 is 0. The zero-order chi connectivity index (χ0) is 2.00. The minimum atomic E-state index is 0. The van der Waals surface area contributed by atoms with Crippen molar-refractivity contribution in [1.82, 2.24) is 0 Å². The molecule has 0 heterocycles. The van der Waals surface area contributed by atoms with Gasteiger partial charge in [0, 0.05) is 0 Å². The molecule has 0 fully saturated rings. The SMILES string of the molecule is C.NN.O. The lowest BCUT2D eigenvalue weighted by atomic mass is 12.0. The van der Waals surface area contributed by atoms with Gasteiger partial charge in [-0.1, -0.05) is 7.43 Å². The molecule has 0 spiro atoms. The van der Waals surface area contributed by atoms with Crippen LogP contribution >= 0.6 is 0 Å². The van der Waals surface area contributed by atoms with Crippen molar-refractivity contribution in [2.75, 3.05) is 0 Å². The van der Waals surface area contributed by atoms with E-state index in [0.717, 1.165) is 0 Å². The lowest BCUT2D eigenvalue weighted by Crippen LogP contribution is -2.02. The van der Waals surface area contributed by atoms with E-state index >= 15 is 0 Å². The standard InChI is InChI=1S/CH4.H4N2.H2O/c;1-2;/h1H4;1-2H2;1H2. The van der Waals surface area contributed by atoms with E-state index < -0.39 is 0 Å². The summed E-state index contributed by atoms with van der Waals surface area (Å²) in [6, 6.07) is 0. The van der Waals surface area contributed by atoms with Crippen LogP contribution in [0.15, 0.2) is 0 Å². The van der Waals surface area contributed by atoms with Gasteiger partial charge in [-0.2, -0.15) is 0 Å². The molecule has 3 nitrogen and oxygen atoms in total. The Kier molecular flexibility index (Phi) is 7340. The predicted octanol–water partition coefficient (Wildman–Crippen LogP) is -1.37. The molecule has 0 atom stereocenters. The van der Waals surface area contributed by atoms with Crippen molar-refractivity contribution in [3.8, 4) is 0 Å². The molecule has 0 unspecified atom stereocenters. The highest BCUT2D eigenvalue weighted by Gasteiger charge is 0.726. The molecule has 0 amide bonds. The smallest absolute Gasteiger partial charge is 0.0776 e. The second kappa shape index (κ2) is 707. The summed E-state index contributed by atoms with van der Waals surface area (Å²) in [5, 5.41) is 0. The first-order chi connectivity index (χ1) is 1.00. The quantitative estimate of drug-likeness (QED) is 0.270. The summed E-state index contributed by atoms with van der Waals surface area (Å²) in [4.78, 5) is 0. The molecule has 0 radical (unpaired) electrons. The van der Waals surface area contributed by atoms with Gasteiger partial charge in [-0.3, -0.25) is 11.7 Å². The van der Waals surface area contributed by atoms with E-state index in [4.69, 9.17) is 0 Å². The van der Waals surface area contributed by atoms with Crippen molar-refractivity contribution in [1.29, 1.82) is 0 Å². The van der Waals surface area contributed by atoms with Gasteiger partial charge < -0.3 is 5.48 Å². The molecule has 0 aliphatic heterocycles. The van der Waals surface area contributed by atoms with Crippen molar-refractivity contribution in [3.63, 3.8) is 0 Å². The highest BCUT2D eigenvalue weighted by Crippen LogP contribution is 0.144. The number of hydrogen-bond donors (Lipinski definition) is 2. The summed E-state index contributed by atoms with van der Waals surface area (Å²) < 4.78 is 0. The summed E-state index contributed by atoms with van der Waals surface area (Å²) in [6.45, 7) is 0. The van der Waals surface area contributed by atoms with E-state index in [2.05, 4.69) is 11.7 Å². The van der Waals surface area contributed by atoms with Crippen molar-refractivity contribution in [2.24, 2.45) is 11.7 Å². The fraction of sp³-hybridized carbons (Fsp3) is 1.00. The number of rotatable bonds is 0. The van der Waals surface area contributed by atoms with Crippen molar-refractivity contribution in [3.05, 3.63) is 0 Å². The molecule has 30 valence electrons. The van der Waals surface area contributed by atoms with Gasteiger partial charge in [-0.25, -0.2) is 0 Å². The summed E-state index contributed by atoms with van der Waals surface area (Å²) in [6.07, 6.45) is 0. The lowest BCUT2D eigenvalue weighted by molar-refractivity contribution is 0.824. The Balaban J connectivity index is -0.00000000500. The van der Waals surface area contributed by atoms with Gasteiger partial charge in [-0.15, -0.1) is 0 Å². The van der Waals surface area contributed by atoms with E-state index in [9.17, 15) is 0 Å². The second-order valence-electron chi connectivity index (χ2n) is 0. The van der Waals surface area contributed by atoms with E-state index in [-0.39, 0.29) is 12.9 Å². The summed E-state index contributed by atoms with van der Waals surface area (Å²) in [5.74, 6) is 8.00. The molecule has 0 aliphatic carbocycles. The molecule has 0 rings (SSSR count). The molecule has 0 aliphatic rings. The van der Waals surface area contributed by atoms with Gasteiger partial charge >= 0.3 is 0 Å². The molecule has 0 aromatic heterocycles. The van der Waals surface area contributed by atoms with Gasteiger partial charge in [0.2, 0.25) is 0 Å². The molecule has 0 bridgehead atoms. The number of nitrogens with two attached hydrogens (primary N) is 2. The van der Waals surface area contributed by atoms with Crippen molar-refractivity contribution < 1.29 is 5.48 Å². The molecule has 0 aromatic rings. The average Bonchev–Trinajstić information content (AvgIpc) is 1.00. The predicted molar refractivity (Wildman–Crippen MR) is 18.7 cm³/mol. The Bertz CT molecular complexity index is 6.00. The summed E-state index contributed by atoms with van der Waals surface area (Å²) in [7, 11) is 0. The van der Waals surface area contributed by atoms with Crippen LogP contribution in [-0.2, 0) is 0 Å². The third-order valence-electron chi connectivity index (χ3n) is 0. The highest BCUT2D eigenvalue weighted by molar-refractivity contribution is 3.26. The van der Waals surface area contributed by atoms with Crippen LogP contribution in [0.4, 0.5) is 0 Å². The van der Waals surface area contributed by atoms with Crippen LogP contribution in [0, 0.1) is 0 Å². The van der Waals surface area contributed by atoms with Crippen molar-refractivity contribution in [2.45, 2.75) is 7.43 Å². The molecule has 4 heavy (non-hydrogen) atoms. The average molecular weight is 66.1 g/mol. The van der Waals surface area contributed by atoms with Gasteiger partial charge in [0.1, 0.15) is 0 Å². The molecule has 3 heteroatoms. The number of hydrazine groups is 1. The maximum atomic E-state index is 4.00. The van der Waals surface area contributed by atoms with Crippen LogP contribution in [0.2, 0.25) is 0 Å². The lowest BCUT2D eigenvalue weighted by Gasteiger charge is -1.27. The van der Waals surface area contributed by atoms with Crippen LogP contribution in [0.3, 0.4) is 0 Å². The Morgan fingerprint density at radius 3 is 1.00 bits per heavy atom. The van der Waals surface area contributed by atoms with Gasteiger partial charge in [0.25, 0.3) is 0 Å². The topological polar surface area (TPSA) is 83.5 Å². The molecule has 0 aromatic carbocycles. The summed E-state index contributed by atoms with van der Waals surface area (Å²) in [5.41, 5.74) is 0. The van der Waals surface area contributed by atoms with Crippen molar-refractivity contribution >= 4 is 0 Å². The minimum Gasteiger partial charge on any atom is -0.412 e. The monoisotopic (exact) mass is 66.1 g/mol. The van der Waals surface area contributed by atoms with Crippen LogP contribution in [-0.4, -0.2) is 5.48 Å². The van der Waals surface area contributed by atoms with Gasteiger partial charge in [0.05, 0.1) is 0 Å². The van der Waals surface area contributed by atoms with Gasteiger partial charge in [-0.05, 0) is 0 Å².